The van der Waals surface area contributed by atoms with Crippen molar-refractivity contribution in [3.05, 3.63) is 82.8 Å². The molecule has 0 bridgehead atoms. The number of nitrogens with zero attached hydrogens (tertiary/aromatic N) is 2. The molecular weight excluding hydrogens is 406 g/mol. The van der Waals surface area contributed by atoms with Crippen LogP contribution in [0.15, 0.2) is 54.9 Å². The molecule has 0 saturated carbocycles. The highest BCUT2D eigenvalue weighted by atomic mass is 16.5. The molecule has 0 radical (unpaired) electrons. The van der Waals surface area contributed by atoms with E-state index in [1.54, 1.807) is 12.1 Å². The molecule has 1 aliphatic heterocycles. The average Bonchev–Trinajstić information content (AvgIpc) is 3.34. The Kier molecular flexibility index (Phi) is 6.97. The quantitative estimate of drug-likeness (QED) is 0.444. The molecule has 2 heterocycles. The van der Waals surface area contributed by atoms with Crippen LogP contribution in [0.2, 0.25) is 0 Å². The number of aromatic hydroxyl groups is 2. The lowest BCUT2D eigenvalue weighted by molar-refractivity contribution is 0.175. The fourth-order valence-electron chi connectivity index (χ4n) is 3.45. The van der Waals surface area contributed by atoms with Crippen LogP contribution in [0.3, 0.4) is 0 Å². The van der Waals surface area contributed by atoms with E-state index in [0.29, 0.717) is 11.6 Å². The fraction of sp³-hybridized carbons (Fsp3) is 0.280. The Hall–Kier alpha value is -3.44. The maximum absolute atomic E-state index is 10.4. The summed E-state index contributed by atoms with van der Waals surface area (Å²) in [7, 11) is 0. The Morgan fingerprint density at radius 1 is 1.00 bits per heavy atom. The summed E-state index contributed by atoms with van der Waals surface area (Å²) in [4.78, 5) is 7.41. The largest absolute Gasteiger partial charge is 0.502 e. The number of aliphatic hydroxyl groups excluding tert-OH is 1. The topological polar surface area (TPSA) is 108 Å². The van der Waals surface area contributed by atoms with Crippen molar-refractivity contribution in [3.63, 3.8) is 0 Å². The van der Waals surface area contributed by atoms with Crippen molar-refractivity contribution in [2.75, 3.05) is 13.2 Å². The van der Waals surface area contributed by atoms with Crippen molar-refractivity contribution in [1.82, 2.24) is 15.3 Å². The molecule has 1 aliphatic rings. The minimum absolute atomic E-state index is 0.0575. The van der Waals surface area contributed by atoms with E-state index in [1.807, 2.05) is 24.3 Å². The molecule has 164 valence electrons. The fourth-order valence-corrected chi connectivity index (χ4v) is 3.45. The lowest BCUT2D eigenvalue weighted by Gasteiger charge is -2.11. The Morgan fingerprint density at radius 3 is 2.34 bits per heavy atom. The van der Waals surface area contributed by atoms with Crippen molar-refractivity contribution in [1.29, 1.82) is 0 Å². The van der Waals surface area contributed by atoms with Crippen LogP contribution in [0.4, 0.5) is 0 Å². The van der Waals surface area contributed by atoms with Crippen molar-refractivity contribution in [2.24, 2.45) is 0 Å². The third-order valence-electron chi connectivity index (χ3n) is 5.39. The van der Waals surface area contributed by atoms with Gasteiger partial charge in [0.2, 0.25) is 0 Å². The number of aromatic nitrogens is 2. The summed E-state index contributed by atoms with van der Waals surface area (Å²) in [6.07, 6.45) is 1.38. The van der Waals surface area contributed by atoms with Crippen LogP contribution in [0.1, 0.15) is 40.5 Å². The molecule has 32 heavy (non-hydrogen) atoms. The molecule has 2 atom stereocenters. The maximum Gasteiger partial charge on any atom is 0.257 e. The Bertz CT molecular complexity index is 1100. The van der Waals surface area contributed by atoms with E-state index in [4.69, 9.17) is 4.74 Å². The average molecular weight is 431 g/mol. The van der Waals surface area contributed by atoms with Gasteiger partial charge in [-0.1, -0.05) is 36.1 Å². The number of nitrogens with one attached hydrogen (secondary N) is 1. The third kappa shape index (κ3) is 5.62. The van der Waals surface area contributed by atoms with E-state index >= 15 is 0 Å². The summed E-state index contributed by atoms with van der Waals surface area (Å²) in [6.45, 7) is 2.44. The highest BCUT2D eigenvalue weighted by Gasteiger charge is 2.16. The molecule has 4 rings (SSSR count). The molecule has 0 spiro atoms. The molecule has 3 aromatic rings. The standard InChI is InChI=1S/C25H25N3O4/c29-23(13-22-24(30)25(31)28-16-27-22)20-9-7-18(8-10-20)2-1-17-3-5-19(6-4-17)14-26-21-11-12-32-15-21/h3-10,16,21,23,26,29-30H,11-15H2,(H,27,28,31)/t21-,23?/m1/s1. The number of benzene rings is 2. The monoisotopic (exact) mass is 431 g/mol. The van der Waals surface area contributed by atoms with Gasteiger partial charge in [0.15, 0.2) is 5.75 Å². The van der Waals surface area contributed by atoms with Gasteiger partial charge >= 0.3 is 0 Å². The summed E-state index contributed by atoms with van der Waals surface area (Å²) >= 11 is 0. The molecule has 1 unspecified atom stereocenters. The van der Waals surface area contributed by atoms with Crippen LogP contribution < -0.4 is 5.32 Å². The number of rotatable bonds is 6. The van der Waals surface area contributed by atoms with Crippen LogP contribution in [-0.4, -0.2) is 44.5 Å². The molecule has 7 heteroatoms. The number of ether oxygens (including phenoxy) is 1. The third-order valence-corrected chi connectivity index (χ3v) is 5.39. The van der Waals surface area contributed by atoms with E-state index < -0.39 is 17.7 Å². The summed E-state index contributed by atoms with van der Waals surface area (Å²) in [5, 5.41) is 33.2. The highest BCUT2D eigenvalue weighted by Crippen LogP contribution is 2.28. The molecule has 4 N–H and O–H groups in total. The van der Waals surface area contributed by atoms with E-state index in [2.05, 4.69) is 39.3 Å². The molecule has 2 aromatic carbocycles. The van der Waals surface area contributed by atoms with E-state index in [9.17, 15) is 15.3 Å². The molecule has 0 amide bonds. The Morgan fingerprint density at radius 2 is 1.69 bits per heavy atom. The van der Waals surface area contributed by atoms with Crippen LogP contribution in [0.25, 0.3) is 0 Å². The van der Waals surface area contributed by atoms with Crippen molar-refractivity contribution >= 4 is 0 Å². The van der Waals surface area contributed by atoms with Gasteiger partial charge in [0.1, 0.15) is 6.33 Å². The number of hydrogen-bond acceptors (Lipinski definition) is 7. The van der Waals surface area contributed by atoms with Gasteiger partial charge in [0, 0.05) is 36.7 Å². The Labute approximate surface area is 186 Å². The summed E-state index contributed by atoms with van der Waals surface area (Å²) in [5.74, 6) is 5.38. The Balaban J connectivity index is 1.34. The zero-order valence-electron chi connectivity index (χ0n) is 17.5. The van der Waals surface area contributed by atoms with Gasteiger partial charge in [-0.2, -0.15) is 4.98 Å². The number of aliphatic hydroxyl groups is 1. The van der Waals surface area contributed by atoms with Gasteiger partial charge < -0.3 is 25.4 Å². The molecule has 0 aliphatic carbocycles. The second kappa shape index (κ2) is 10.2. The lowest BCUT2D eigenvalue weighted by atomic mass is 10.0. The first kappa shape index (κ1) is 21.8. The van der Waals surface area contributed by atoms with Gasteiger partial charge in [0.25, 0.3) is 5.88 Å². The molecule has 7 nitrogen and oxygen atoms in total. The van der Waals surface area contributed by atoms with E-state index in [-0.39, 0.29) is 12.1 Å². The first-order chi connectivity index (χ1) is 15.6. The van der Waals surface area contributed by atoms with Gasteiger partial charge in [0.05, 0.1) is 18.4 Å². The summed E-state index contributed by atoms with van der Waals surface area (Å²) in [6, 6.07) is 15.9. The molecule has 1 aromatic heterocycles. The normalized spacial score (nSPS) is 16.3. The van der Waals surface area contributed by atoms with Crippen molar-refractivity contribution in [3.8, 4) is 23.5 Å². The SMILES string of the molecule is Oc1ncnc(CC(O)c2ccc(C#Cc3ccc(CN[C@@H]4CCOC4)cc3)cc2)c1O. The van der Waals surface area contributed by atoms with Crippen LogP contribution in [0, 0.1) is 11.8 Å². The first-order valence-electron chi connectivity index (χ1n) is 10.5. The molecule has 1 saturated heterocycles. The first-order valence-corrected chi connectivity index (χ1v) is 10.5. The summed E-state index contributed by atoms with van der Waals surface area (Å²) < 4.78 is 5.38. The summed E-state index contributed by atoms with van der Waals surface area (Å²) in [5.41, 5.74) is 3.82. The van der Waals surface area contributed by atoms with Crippen molar-refractivity contribution in [2.45, 2.75) is 31.5 Å². The van der Waals surface area contributed by atoms with Crippen LogP contribution in [0.5, 0.6) is 11.6 Å². The zero-order chi connectivity index (χ0) is 22.3. The highest BCUT2D eigenvalue weighted by molar-refractivity contribution is 5.44. The van der Waals surface area contributed by atoms with Crippen LogP contribution >= 0.6 is 0 Å². The van der Waals surface area contributed by atoms with E-state index in [1.165, 1.54) is 5.56 Å². The van der Waals surface area contributed by atoms with Crippen LogP contribution in [-0.2, 0) is 17.7 Å². The second-order valence-electron chi connectivity index (χ2n) is 7.72. The van der Waals surface area contributed by atoms with Crippen molar-refractivity contribution < 1.29 is 20.1 Å². The molecular formula is C25H25N3O4. The predicted molar refractivity (Wildman–Crippen MR) is 119 cm³/mol. The van der Waals surface area contributed by atoms with Gasteiger partial charge in [-0.3, -0.25) is 0 Å². The number of hydrogen-bond donors (Lipinski definition) is 4. The van der Waals surface area contributed by atoms with E-state index in [0.717, 1.165) is 43.6 Å². The smallest absolute Gasteiger partial charge is 0.257 e. The maximum atomic E-state index is 10.4. The second-order valence-corrected chi connectivity index (χ2v) is 7.72. The minimum atomic E-state index is -0.880. The molecule has 1 fully saturated rings. The van der Waals surface area contributed by atoms with Gasteiger partial charge in [-0.25, -0.2) is 4.98 Å². The van der Waals surface area contributed by atoms with Gasteiger partial charge in [-0.15, -0.1) is 0 Å². The minimum Gasteiger partial charge on any atom is -0.502 e. The van der Waals surface area contributed by atoms with Gasteiger partial charge in [-0.05, 0) is 41.8 Å². The lowest BCUT2D eigenvalue weighted by Crippen LogP contribution is -2.28. The zero-order valence-corrected chi connectivity index (χ0v) is 17.5. The predicted octanol–water partition coefficient (Wildman–Crippen LogP) is 2.44.